The van der Waals surface area contributed by atoms with Crippen LogP contribution in [0.15, 0.2) is 133 Å². The van der Waals surface area contributed by atoms with Crippen LogP contribution in [-0.2, 0) is 62.4 Å². The van der Waals surface area contributed by atoms with Gasteiger partial charge >= 0.3 is 85.1 Å². The molecule has 0 bridgehead atoms. The summed E-state index contributed by atoms with van der Waals surface area (Å²) in [6.07, 6.45) is -1.86. The van der Waals surface area contributed by atoms with Gasteiger partial charge in [0.1, 0.15) is 43.0 Å². The van der Waals surface area contributed by atoms with Crippen LogP contribution >= 0.6 is 163 Å². The van der Waals surface area contributed by atoms with Crippen molar-refractivity contribution >= 4 is 282 Å². The van der Waals surface area contributed by atoms with E-state index >= 15 is 0 Å². The zero-order valence-corrected chi connectivity index (χ0v) is 74.7. The van der Waals surface area contributed by atoms with Gasteiger partial charge in [-0.3, -0.25) is 62.3 Å². The van der Waals surface area contributed by atoms with E-state index in [0.29, 0.717) is 130 Å². The van der Waals surface area contributed by atoms with E-state index in [2.05, 4.69) is 58.6 Å². The number of aromatic carboxylic acids is 1. The Morgan fingerprint density at radius 2 is 0.816 bits per heavy atom. The van der Waals surface area contributed by atoms with Crippen LogP contribution in [0.2, 0.25) is 13.0 Å². The number of morpholine rings is 3. The number of amides is 8. The molecule has 7 aliphatic heterocycles. The molecule has 5 N–H and O–H groups in total. The Balaban J connectivity index is 0.000000304. The summed E-state index contributed by atoms with van der Waals surface area (Å²) in [4.78, 5) is 142. The fourth-order valence-electron chi connectivity index (χ4n) is 10.7. The molecule has 0 saturated carbocycles. The Hall–Kier alpha value is -5.33. The molecule has 0 aliphatic carbocycles. The van der Waals surface area contributed by atoms with Crippen molar-refractivity contribution in [2.24, 2.45) is 5.73 Å². The van der Waals surface area contributed by atoms with Crippen molar-refractivity contribution in [2.75, 3.05) is 121 Å². The first-order valence-electron chi connectivity index (χ1n) is 31.9. The number of carbonyl (C=O) groups is 11. The minimum absolute atomic E-state index is 0. The van der Waals surface area contributed by atoms with Gasteiger partial charge in [-0.2, -0.15) is 8.42 Å². The van der Waals surface area contributed by atoms with E-state index in [0.717, 1.165) is 39.0 Å². The maximum Gasteiger partial charge on any atom is 0.414 e. The molecule has 4 aromatic carbocycles. The van der Waals surface area contributed by atoms with E-state index in [1.165, 1.54) is 33.6 Å². The van der Waals surface area contributed by atoms with Crippen LogP contribution < -0.4 is 48.4 Å². The molecule has 622 valence electrons. The van der Waals surface area contributed by atoms with Gasteiger partial charge in [0.05, 0.1) is 79.9 Å². The zero-order valence-electron chi connectivity index (χ0n) is 57.3. The number of carboxylic acid groups (broad SMARTS) is 1. The van der Waals surface area contributed by atoms with Crippen LogP contribution in [0.5, 0.6) is 0 Å². The quantitative estimate of drug-likeness (QED) is 0.0185. The Labute approximate surface area is 744 Å². The predicted octanol–water partition coefficient (Wildman–Crippen LogP) is 11.7. The van der Waals surface area contributed by atoms with Gasteiger partial charge in [0, 0.05) is 88.1 Å². The number of Topliss-reactive ketones (excluding diaryl/α,β-unsaturated/α-hetero) is 1. The van der Waals surface area contributed by atoms with Crippen molar-refractivity contribution < 1.29 is 121 Å². The summed E-state index contributed by atoms with van der Waals surface area (Å²) in [5, 5.41) is 7.90. The maximum absolute atomic E-state index is 12.6. The normalized spacial score (nSPS) is 17.4. The molecule has 7 aliphatic rings. The third-order valence-corrected chi connectivity index (χ3v) is 19.7. The molecule has 114 heavy (non-hydrogen) atoms. The number of ether oxygens (including phenoxy) is 6. The van der Waals surface area contributed by atoms with Crippen LogP contribution in [0.25, 0.3) is 0 Å². The summed E-state index contributed by atoms with van der Waals surface area (Å²) >= 11 is 30.8. The van der Waals surface area contributed by atoms with E-state index in [1.54, 1.807) is 128 Å². The summed E-state index contributed by atoms with van der Waals surface area (Å²) in [5.41, 5.74) is 10.6. The number of carboxylic acids is 1. The second-order valence-corrected chi connectivity index (χ2v) is 47.9. The topological polar surface area (TPSA) is 404 Å². The number of thiophene rings is 3. The first-order chi connectivity index (χ1) is 52.8. The number of fused-ring (bicyclic) bond motifs is 1. The van der Waals surface area contributed by atoms with Gasteiger partial charge in [-0.1, -0.05) is 61.8 Å². The van der Waals surface area contributed by atoms with E-state index in [1.807, 2.05) is 24.3 Å². The number of cyclic esters (lactones) is 3. The Bertz CT molecular complexity index is 4510. The fraction of sp³-hybridized carbons (Fsp3) is 0.309. The summed E-state index contributed by atoms with van der Waals surface area (Å²) in [5.74, 6) is -1.94. The summed E-state index contributed by atoms with van der Waals surface area (Å²) in [7, 11) is 2.69. The van der Waals surface area contributed by atoms with E-state index in [-0.39, 0.29) is 130 Å². The van der Waals surface area contributed by atoms with Gasteiger partial charge in [-0.05, 0) is 139 Å². The monoisotopic (exact) mass is 2240 g/mol. The Kier molecular flexibility index (Phi) is 44.2. The number of benzene rings is 4. The first kappa shape index (κ1) is 101. The van der Waals surface area contributed by atoms with Gasteiger partial charge in [0.15, 0.2) is 5.78 Å². The van der Waals surface area contributed by atoms with Crippen molar-refractivity contribution in [3.8, 4) is 0 Å². The number of carbonyl (C=O) groups excluding carboxylic acids is 10. The van der Waals surface area contributed by atoms with Gasteiger partial charge < -0.3 is 54.0 Å². The van der Waals surface area contributed by atoms with Gasteiger partial charge in [-0.15, -0.1) is 58.0 Å². The standard InChI is InChI=1S/C22H19N3O6.C20H19ClN2O5S.C14H17N3O4.C5H2Cl2OS.C5H3ClO2S.2CH4.Cl2OS.I3.HI.H2O4S/c26-19-13-30-10-9-23(19)14-5-7-15(8-6-14)24-11-16(31-22(24)29)12-25-20(27)17-3-1-2-4-18(17)21(25)28;21-18-8-7-17(29-18)16(24)6-5-15-11-23(20(26)28-15)14-3-1-13(2-4-14)22-9-10-27-12-19(22)25;15-7-12-8-17(14(19)21-12)11-3-1-10(2-4-11)16-5-6-20-9-13(16)18;2*6-4-2-1-3(9-4)5(7)8;;;1-4(2)3;1-3-2;;1-5(2,3)4/h1-8,16H,9-13H2;1-4,7-8,15H,5-6,9-12H2;1-4,12H,5-9,15H2;1-2H;1-2H,(H,7,8);2*1H4;;;1H;(H2,1,2,3,4)/q;;;;;;;;-1;;/t16-;15-;12-;;;;;;;;/m100......../s1. The van der Waals surface area contributed by atoms with Crippen LogP contribution in [-0.4, -0.2) is 207 Å². The van der Waals surface area contributed by atoms with Crippen molar-refractivity contribution in [3.05, 3.63) is 172 Å². The van der Waals surface area contributed by atoms with Crippen LogP contribution in [0.1, 0.15) is 77.4 Å². The number of hydrogen-bond donors (Lipinski definition) is 4. The molecule has 10 heterocycles. The number of nitrogens with two attached hydrogens (primary N) is 1. The molecule has 6 saturated heterocycles. The number of anilines is 6. The number of rotatable bonds is 15. The Morgan fingerprint density at radius 1 is 0.518 bits per heavy atom. The average Bonchev–Trinajstić information content (AvgIpc) is 1.07. The molecule has 31 nitrogen and oxygen atoms in total. The minimum Gasteiger partial charge on any atom is -0.477 e. The number of imide groups is 1. The molecule has 7 aromatic rings. The average molecular weight is 2250 g/mol. The third kappa shape index (κ3) is 31.4. The SMILES string of the molecule is C.C.I.I[I-]I.NC[C@H]1CN(c2ccc(N3CCOCC3=O)cc2)C(=O)O1.O=C(CC[C@H]1CN(c2ccc(N3CCOCC3=O)cc2)C(=O)O1)c1ccc(Cl)s1.O=C(Cl)c1ccc(Cl)s1.O=C(O)c1ccc(Cl)s1.O=C1c2ccccc2C(=O)N1C[C@H]1CN(c2ccc(N3CCOCC3=O)cc2)C(=O)O1.O=S(=O)(O)O.O=S(Cl)Cl. The summed E-state index contributed by atoms with van der Waals surface area (Å²) in [6.45, 7) is 4.63. The molecule has 0 radical (unpaired) electrons. The molecular weight excluding hydrogens is 2180 g/mol. The number of halogens is 10. The predicted molar refractivity (Wildman–Crippen MR) is 462 cm³/mol. The largest absolute Gasteiger partial charge is 0.477 e. The third-order valence-electron chi connectivity index (χ3n) is 15.6. The molecular formula is C68H71Cl6I4N8O23S5-. The van der Waals surface area contributed by atoms with Gasteiger partial charge in [0.25, 0.3) is 34.8 Å². The zero-order chi connectivity index (χ0) is 81.2. The number of nitrogens with zero attached hydrogens (tertiary/aromatic N) is 7. The summed E-state index contributed by atoms with van der Waals surface area (Å²) in [6, 6.07) is 37.8. The van der Waals surface area contributed by atoms with Crippen molar-refractivity contribution in [1.29, 1.82) is 0 Å². The molecule has 46 heteroatoms. The molecule has 6 fully saturated rings. The van der Waals surface area contributed by atoms with Crippen LogP contribution in [0.4, 0.5) is 48.5 Å². The molecule has 8 amide bonds. The molecule has 14 rings (SSSR count). The maximum atomic E-state index is 12.6. The molecule has 0 unspecified atom stereocenters. The van der Waals surface area contributed by atoms with Crippen LogP contribution in [0.3, 0.4) is 0 Å². The van der Waals surface area contributed by atoms with E-state index in [4.69, 9.17) is 107 Å². The van der Waals surface area contributed by atoms with Crippen molar-refractivity contribution in [2.45, 2.75) is 46.0 Å². The van der Waals surface area contributed by atoms with Crippen LogP contribution in [0, 0.1) is 0 Å². The van der Waals surface area contributed by atoms with E-state index in [9.17, 15) is 52.7 Å². The van der Waals surface area contributed by atoms with Gasteiger partial charge in [0.2, 0.25) is 9.23 Å². The van der Waals surface area contributed by atoms with Crippen molar-refractivity contribution in [1.82, 2.24) is 4.90 Å². The van der Waals surface area contributed by atoms with Gasteiger partial charge in [-0.25, -0.2) is 23.4 Å². The smallest absolute Gasteiger partial charge is 0.414 e. The molecule has 3 aromatic heterocycles. The number of hydrogen-bond acceptors (Lipinski definition) is 24. The second-order valence-electron chi connectivity index (χ2n) is 22.7. The Morgan fingerprint density at radius 3 is 1.10 bits per heavy atom. The first-order valence-corrected chi connectivity index (χ1v) is 52.6. The van der Waals surface area contributed by atoms with Crippen molar-refractivity contribution in [3.63, 3.8) is 0 Å². The number of ketones is 1. The molecule has 0 spiro atoms. The fourth-order valence-corrected chi connectivity index (χ4v) is 13.7. The van der Waals surface area contributed by atoms with E-state index < -0.39 is 49.1 Å². The summed E-state index contributed by atoms with van der Waals surface area (Å²) < 4.78 is 73.7. The molecule has 3 atom stereocenters. The minimum atomic E-state index is -4.67. The second kappa shape index (κ2) is 49.9.